The zero-order valence-corrected chi connectivity index (χ0v) is 25.8. The maximum atomic E-state index is 6.20. The second-order valence-corrected chi connectivity index (χ2v) is 10.1. The Morgan fingerprint density at radius 2 is 1.44 bits per heavy atom. The Bertz CT molecular complexity index is 2120. The third-order valence-electron chi connectivity index (χ3n) is 7.41. The van der Waals surface area contributed by atoms with Crippen molar-refractivity contribution in [1.29, 1.82) is 0 Å². The minimum absolute atomic E-state index is 0. The molecule has 8 rings (SSSR count). The molecule has 4 heteroatoms. The zero-order valence-electron chi connectivity index (χ0n) is 23.4. The van der Waals surface area contributed by atoms with E-state index in [-0.39, 0.29) is 20.1 Å². The van der Waals surface area contributed by atoms with Crippen LogP contribution >= 0.6 is 0 Å². The fourth-order valence-electron chi connectivity index (χ4n) is 5.28. The number of para-hydroxylation sites is 1. The van der Waals surface area contributed by atoms with E-state index in [2.05, 4.69) is 84.7 Å². The van der Waals surface area contributed by atoms with Crippen LogP contribution in [0.25, 0.3) is 66.4 Å². The number of hydrogen-bond donors (Lipinski definition) is 0. The number of benzene rings is 5. The Hall–Kier alpha value is -4.89. The Morgan fingerprint density at radius 1 is 0.628 bits per heavy atom. The number of pyridine rings is 2. The molecule has 5 aromatic carbocycles. The van der Waals surface area contributed by atoms with Gasteiger partial charge < -0.3 is 14.4 Å². The molecule has 8 aromatic rings. The Morgan fingerprint density at radius 3 is 2.28 bits per heavy atom. The molecule has 0 unspecified atom stereocenters. The van der Waals surface area contributed by atoms with E-state index in [1.165, 1.54) is 21.9 Å². The zero-order chi connectivity index (χ0) is 28.3. The van der Waals surface area contributed by atoms with Gasteiger partial charge in [0.15, 0.2) is 0 Å². The normalized spacial score (nSPS) is 10.7. The van der Waals surface area contributed by atoms with Crippen LogP contribution in [-0.4, -0.2) is 9.97 Å². The molecule has 209 valence electrons. The molecule has 1 radical (unpaired) electrons. The number of rotatable bonds is 3. The van der Waals surface area contributed by atoms with Crippen LogP contribution in [0.3, 0.4) is 0 Å². The minimum Gasteiger partial charge on any atom is -0.501 e. The summed E-state index contributed by atoms with van der Waals surface area (Å²) in [4.78, 5) is 8.94. The molecule has 0 aliphatic heterocycles. The molecule has 0 spiro atoms. The summed E-state index contributed by atoms with van der Waals surface area (Å²) in [5, 5.41) is 4.69. The van der Waals surface area contributed by atoms with E-state index in [0.29, 0.717) is 0 Å². The number of aromatic nitrogens is 2. The van der Waals surface area contributed by atoms with Gasteiger partial charge in [0, 0.05) is 37.9 Å². The van der Waals surface area contributed by atoms with E-state index in [1.807, 2.05) is 72.9 Å². The molecule has 0 saturated heterocycles. The van der Waals surface area contributed by atoms with Crippen LogP contribution in [0.5, 0.6) is 0 Å². The molecule has 0 aliphatic carbocycles. The molecule has 0 saturated carbocycles. The largest absolute Gasteiger partial charge is 0.501 e. The topological polar surface area (TPSA) is 38.9 Å². The van der Waals surface area contributed by atoms with Crippen molar-refractivity contribution in [2.24, 2.45) is 0 Å². The maximum Gasteiger partial charge on any atom is 0.120 e. The summed E-state index contributed by atoms with van der Waals surface area (Å²) >= 11 is 0. The molecule has 0 atom stereocenters. The summed E-state index contributed by atoms with van der Waals surface area (Å²) in [6.45, 7) is 2.10. The van der Waals surface area contributed by atoms with Crippen LogP contribution in [-0.2, 0) is 20.1 Å². The molecule has 0 bridgehead atoms. The van der Waals surface area contributed by atoms with Crippen molar-refractivity contribution in [3.63, 3.8) is 0 Å². The standard InChI is InChI=1S/C28H18NO.C11H8N.Ir/c1-18-17-29-26(16-25(18)21-14-13-19-7-2-3-8-20(19)15-21)24-11-6-10-23-22-9-4-5-12-27(22)30-28(23)24;1-2-6-10(7-3-1)11-8-4-5-9-12-11;/h2-10,12-17H,1H3;1-6,8-9H;/q2*-1;. The van der Waals surface area contributed by atoms with E-state index in [9.17, 15) is 0 Å². The number of aryl methyl sites for hydroxylation is 1. The van der Waals surface area contributed by atoms with Gasteiger partial charge in [0.2, 0.25) is 0 Å². The first-order valence-electron chi connectivity index (χ1n) is 13.9. The van der Waals surface area contributed by atoms with Crippen molar-refractivity contribution >= 4 is 32.7 Å². The second kappa shape index (κ2) is 12.5. The molecular weight excluding hydrogens is 705 g/mol. The van der Waals surface area contributed by atoms with Gasteiger partial charge in [-0.2, -0.15) is 0 Å². The van der Waals surface area contributed by atoms with E-state index >= 15 is 0 Å². The van der Waals surface area contributed by atoms with Gasteiger partial charge in [-0.3, -0.25) is 0 Å². The third kappa shape index (κ3) is 5.76. The summed E-state index contributed by atoms with van der Waals surface area (Å²) < 4.78 is 6.20. The summed E-state index contributed by atoms with van der Waals surface area (Å²) in [7, 11) is 0. The maximum absolute atomic E-state index is 6.20. The van der Waals surface area contributed by atoms with Crippen molar-refractivity contribution in [2.45, 2.75) is 6.92 Å². The van der Waals surface area contributed by atoms with Crippen molar-refractivity contribution in [1.82, 2.24) is 9.97 Å². The molecule has 0 N–H and O–H groups in total. The smallest absolute Gasteiger partial charge is 0.120 e. The monoisotopic (exact) mass is 731 g/mol. The fourth-order valence-corrected chi connectivity index (χ4v) is 5.28. The van der Waals surface area contributed by atoms with Gasteiger partial charge in [-0.25, -0.2) is 0 Å². The fraction of sp³-hybridized carbons (Fsp3) is 0.0256. The molecular formula is C39H26IrN2O-2. The van der Waals surface area contributed by atoms with Crippen molar-refractivity contribution in [3.8, 4) is 33.6 Å². The van der Waals surface area contributed by atoms with E-state index in [4.69, 9.17) is 9.40 Å². The average molecular weight is 731 g/mol. The van der Waals surface area contributed by atoms with E-state index in [1.54, 1.807) is 6.20 Å². The molecule has 3 heterocycles. The number of hydrogen-bond acceptors (Lipinski definition) is 3. The van der Waals surface area contributed by atoms with Crippen molar-refractivity contribution < 1.29 is 24.5 Å². The number of furan rings is 1. The summed E-state index contributed by atoms with van der Waals surface area (Å²) in [6, 6.07) is 49.5. The van der Waals surface area contributed by atoms with Crippen molar-refractivity contribution in [2.75, 3.05) is 0 Å². The summed E-state index contributed by atoms with van der Waals surface area (Å²) in [6.07, 6.45) is 3.73. The van der Waals surface area contributed by atoms with Crippen LogP contribution in [0.2, 0.25) is 0 Å². The molecule has 0 fully saturated rings. The Kier molecular flexibility index (Phi) is 8.24. The molecule has 43 heavy (non-hydrogen) atoms. The Labute approximate surface area is 264 Å². The van der Waals surface area contributed by atoms with Crippen LogP contribution in [0.15, 0.2) is 144 Å². The van der Waals surface area contributed by atoms with E-state index in [0.717, 1.165) is 50.0 Å². The first-order valence-corrected chi connectivity index (χ1v) is 13.9. The number of fused-ring (bicyclic) bond motifs is 4. The second-order valence-electron chi connectivity index (χ2n) is 10.1. The minimum atomic E-state index is 0. The molecule has 0 aliphatic rings. The molecule has 3 aromatic heterocycles. The third-order valence-corrected chi connectivity index (χ3v) is 7.41. The van der Waals surface area contributed by atoms with E-state index < -0.39 is 0 Å². The average Bonchev–Trinajstić information content (AvgIpc) is 3.45. The SMILES string of the molecule is Cc1cnc(-c2[c-]ccc3c2oc2ccccc23)cc1-c1ccc2ccccc2c1.[Ir].[c-]1ccccc1-c1ccccn1. The van der Waals surface area contributed by atoms with Gasteiger partial charge in [-0.05, 0) is 64.0 Å². The van der Waals surface area contributed by atoms with Crippen LogP contribution < -0.4 is 0 Å². The van der Waals surface area contributed by atoms with Crippen molar-refractivity contribution in [3.05, 3.63) is 157 Å². The summed E-state index contributed by atoms with van der Waals surface area (Å²) in [5.74, 6) is 0. The molecule has 3 nitrogen and oxygen atoms in total. The first-order chi connectivity index (χ1) is 20.7. The van der Waals surface area contributed by atoms with Crippen LogP contribution in [0, 0.1) is 19.1 Å². The van der Waals surface area contributed by atoms with Gasteiger partial charge in [-0.1, -0.05) is 83.7 Å². The summed E-state index contributed by atoms with van der Waals surface area (Å²) in [5.41, 5.74) is 9.00. The van der Waals surface area contributed by atoms with Gasteiger partial charge in [0.1, 0.15) is 5.58 Å². The van der Waals surface area contributed by atoms with Crippen LogP contribution in [0.4, 0.5) is 0 Å². The van der Waals surface area contributed by atoms with Crippen LogP contribution in [0.1, 0.15) is 5.56 Å². The molecule has 0 amide bonds. The predicted octanol–water partition coefficient (Wildman–Crippen LogP) is 10.1. The van der Waals surface area contributed by atoms with Gasteiger partial charge in [0.05, 0.1) is 5.58 Å². The predicted molar refractivity (Wildman–Crippen MR) is 172 cm³/mol. The number of nitrogens with zero attached hydrogens (tertiary/aromatic N) is 2. The van der Waals surface area contributed by atoms with Gasteiger partial charge in [-0.15, -0.1) is 54.1 Å². The van der Waals surface area contributed by atoms with Gasteiger partial charge >= 0.3 is 0 Å². The first kappa shape index (κ1) is 28.2. The quantitative estimate of drug-likeness (QED) is 0.170. The Balaban J connectivity index is 0.000000213. The van der Waals surface area contributed by atoms with Gasteiger partial charge in [0.25, 0.3) is 0 Å².